The smallest absolute Gasteiger partial charge is 0.271 e. The number of nitrogens with one attached hydrogen (secondary N) is 1. The quantitative estimate of drug-likeness (QED) is 0.807. The fourth-order valence-electron chi connectivity index (χ4n) is 3.88. The van der Waals surface area contributed by atoms with Gasteiger partial charge in [0.1, 0.15) is 0 Å². The number of aryl methyl sites for hydroxylation is 2. The Labute approximate surface area is 179 Å². The number of amides is 3. The summed E-state index contributed by atoms with van der Waals surface area (Å²) in [5.41, 5.74) is 4.54. The van der Waals surface area contributed by atoms with Gasteiger partial charge in [0.25, 0.3) is 5.91 Å². The number of fused-ring (bicyclic) bond motifs is 2. The second-order valence-corrected chi connectivity index (χ2v) is 8.69. The lowest BCUT2D eigenvalue weighted by Crippen LogP contribution is -2.48. The number of benzene rings is 2. The number of anilines is 1. The van der Waals surface area contributed by atoms with Crippen LogP contribution in [0, 0.1) is 13.8 Å². The van der Waals surface area contributed by atoms with Gasteiger partial charge in [-0.15, -0.1) is 5.10 Å². The average Bonchev–Trinajstić information content (AvgIpc) is 3.16. The Kier molecular flexibility index (Phi) is 4.89. The van der Waals surface area contributed by atoms with E-state index in [-0.39, 0.29) is 22.9 Å². The summed E-state index contributed by atoms with van der Waals surface area (Å²) in [5, 5.41) is 8.33. The van der Waals surface area contributed by atoms with Gasteiger partial charge in [-0.3, -0.25) is 14.4 Å². The van der Waals surface area contributed by atoms with Gasteiger partial charge in [-0.25, -0.2) is 0 Å². The fraction of sp³-hybridized carbons (Fsp3) is 0.273. The minimum atomic E-state index is -1.37. The van der Waals surface area contributed by atoms with Crippen LogP contribution < -0.4 is 10.2 Å². The first-order chi connectivity index (χ1) is 14.2. The van der Waals surface area contributed by atoms with E-state index in [1.165, 1.54) is 18.9 Å². The number of carbonyl (C=O) groups excluding carboxylic acids is 3. The van der Waals surface area contributed by atoms with Gasteiger partial charge in [0, 0.05) is 19.4 Å². The Morgan fingerprint density at radius 1 is 1.10 bits per heavy atom. The van der Waals surface area contributed by atoms with Crippen molar-refractivity contribution in [1.29, 1.82) is 0 Å². The summed E-state index contributed by atoms with van der Waals surface area (Å²) in [7, 11) is 0. The van der Waals surface area contributed by atoms with Crippen LogP contribution >= 0.6 is 11.8 Å². The SMILES string of the molecule is CC(=O)NC1=NN(C(C)=O)[C@@]2(S1)C(=O)N(Cc1ccc(C)cc1)c1c(C)cccc12. The fourth-order valence-corrected chi connectivity index (χ4v) is 5.20. The van der Waals surface area contributed by atoms with E-state index in [0.717, 1.165) is 34.1 Å². The molecule has 30 heavy (non-hydrogen) atoms. The molecule has 1 atom stereocenters. The molecule has 7 nitrogen and oxygen atoms in total. The van der Waals surface area contributed by atoms with Crippen LogP contribution in [0.3, 0.4) is 0 Å². The molecule has 0 aromatic heterocycles. The molecule has 1 spiro atoms. The van der Waals surface area contributed by atoms with E-state index in [9.17, 15) is 14.4 Å². The number of hydrogen-bond acceptors (Lipinski definition) is 5. The van der Waals surface area contributed by atoms with Gasteiger partial charge in [0.15, 0.2) is 5.17 Å². The van der Waals surface area contributed by atoms with Gasteiger partial charge >= 0.3 is 0 Å². The Hall–Kier alpha value is -3.13. The van der Waals surface area contributed by atoms with Crippen molar-refractivity contribution in [2.24, 2.45) is 5.10 Å². The second-order valence-electron chi connectivity index (χ2n) is 7.51. The van der Waals surface area contributed by atoms with Crippen molar-refractivity contribution in [2.45, 2.75) is 39.1 Å². The van der Waals surface area contributed by atoms with Gasteiger partial charge in [-0.1, -0.05) is 48.0 Å². The monoisotopic (exact) mass is 422 g/mol. The molecule has 2 aliphatic rings. The molecule has 2 aliphatic heterocycles. The molecule has 0 fully saturated rings. The maximum Gasteiger partial charge on any atom is 0.271 e. The highest BCUT2D eigenvalue weighted by Crippen LogP contribution is 2.55. The lowest BCUT2D eigenvalue weighted by molar-refractivity contribution is -0.139. The molecule has 0 saturated heterocycles. The molecule has 2 heterocycles. The summed E-state index contributed by atoms with van der Waals surface area (Å²) in [4.78, 5) is 38.3. The molecule has 1 N–H and O–H groups in total. The second kappa shape index (κ2) is 7.28. The summed E-state index contributed by atoms with van der Waals surface area (Å²) >= 11 is 1.09. The van der Waals surface area contributed by atoms with Crippen molar-refractivity contribution < 1.29 is 14.4 Å². The topological polar surface area (TPSA) is 82.1 Å². The normalized spacial score (nSPS) is 19.9. The molecule has 0 saturated carbocycles. The average molecular weight is 423 g/mol. The number of carbonyl (C=O) groups is 3. The molecule has 4 rings (SSSR count). The van der Waals surface area contributed by atoms with Crippen molar-refractivity contribution in [3.63, 3.8) is 0 Å². The number of hydrogen-bond donors (Lipinski definition) is 1. The van der Waals surface area contributed by atoms with E-state index in [4.69, 9.17) is 0 Å². The van der Waals surface area contributed by atoms with Crippen LogP contribution in [0.5, 0.6) is 0 Å². The van der Waals surface area contributed by atoms with E-state index >= 15 is 0 Å². The third-order valence-electron chi connectivity index (χ3n) is 5.18. The summed E-state index contributed by atoms with van der Waals surface area (Å²) in [6.07, 6.45) is 0. The van der Waals surface area contributed by atoms with Crippen molar-refractivity contribution in [2.75, 3.05) is 4.90 Å². The third-order valence-corrected chi connectivity index (χ3v) is 6.42. The van der Waals surface area contributed by atoms with Crippen LogP contribution in [0.2, 0.25) is 0 Å². The van der Waals surface area contributed by atoms with Crippen LogP contribution in [0.15, 0.2) is 47.6 Å². The molecule has 0 unspecified atom stereocenters. The maximum atomic E-state index is 13.9. The first-order valence-electron chi connectivity index (χ1n) is 9.57. The number of nitrogens with zero attached hydrogens (tertiary/aromatic N) is 3. The molecule has 3 amide bonds. The number of rotatable bonds is 2. The first-order valence-corrected chi connectivity index (χ1v) is 10.4. The zero-order valence-electron chi connectivity index (χ0n) is 17.2. The zero-order valence-corrected chi connectivity index (χ0v) is 18.0. The van der Waals surface area contributed by atoms with Crippen LogP contribution in [-0.4, -0.2) is 27.9 Å². The van der Waals surface area contributed by atoms with Crippen molar-refractivity contribution in [1.82, 2.24) is 10.3 Å². The molecule has 0 bridgehead atoms. The lowest BCUT2D eigenvalue weighted by Gasteiger charge is -2.29. The molecule has 0 aliphatic carbocycles. The van der Waals surface area contributed by atoms with E-state index in [1.54, 1.807) is 4.90 Å². The van der Waals surface area contributed by atoms with Gasteiger partial charge in [0.05, 0.1) is 12.2 Å². The molecule has 8 heteroatoms. The summed E-state index contributed by atoms with van der Waals surface area (Å²) in [6, 6.07) is 13.7. The minimum Gasteiger partial charge on any atom is -0.304 e. The molecule has 154 valence electrons. The predicted molar refractivity (Wildman–Crippen MR) is 117 cm³/mol. The van der Waals surface area contributed by atoms with Crippen LogP contribution in [0.4, 0.5) is 5.69 Å². The van der Waals surface area contributed by atoms with Gasteiger partial charge in [-0.2, -0.15) is 5.01 Å². The Morgan fingerprint density at radius 2 is 1.80 bits per heavy atom. The summed E-state index contributed by atoms with van der Waals surface area (Å²) < 4.78 is 0. The largest absolute Gasteiger partial charge is 0.304 e. The highest BCUT2D eigenvalue weighted by molar-refractivity contribution is 8.15. The molecule has 2 aromatic carbocycles. The standard InChI is InChI=1S/C22H22N4O3S/c1-13-8-10-17(11-9-13)12-25-19-14(2)6-5-7-18(19)22(20(25)29)26(16(4)28)24-21(30-22)23-15(3)27/h5-11H,12H2,1-4H3,(H,23,24,27)/t22-/m0/s1. The summed E-state index contributed by atoms with van der Waals surface area (Å²) in [5.74, 6) is -0.939. The van der Waals surface area contributed by atoms with E-state index in [1.807, 2.05) is 56.3 Å². The first kappa shape index (κ1) is 20.2. The number of hydrazone groups is 1. The highest BCUT2D eigenvalue weighted by Gasteiger charge is 2.61. The molecular formula is C22H22N4O3S. The Bertz CT molecular complexity index is 1100. The van der Waals surface area contributed by atoms with Crippen molar-refractivity contribution >= 4 is 40.3 Å². The Morgan fingerprint density at radius 3 is 2.43 bits per heavy atom. The van der Waals surface area contributed by atoms with E-state index in [0.29, 0.717) is 12.1 Å². The van der Waals surface area contributed by atoms with Crippen molar-refractivity contribution in [3.05, 3.63) is 64.7 Å². The minimum absolute atomic E-state index is 0.232. The van der Waals surface area contributed by atoms with Crippen LogP contribution in [0.1, 0.15) is 36.1 Å². The third kappa shape index (κ3) is 3.08. The molecular weight excluding hydrogens is 400 g/mol. The lowest BCUT2D eigenvalue weighted by atomic mass is 10.0. The zero-order chi connectivity index (χ0) is 21.6. The number of amidine groups is 1. The van der Waals surface area contributed by atoms with E-state index in [2.05, 4.69) is 10.4 Å². The van der Waals surface area contributed by atoms with Gasteiger partial charge in [-0.05, 0) is 36.7 Å². The maximum absolute atomic E-state index is 13.9. The molecule has 0 radical (unpaired) electrons. The van der Waals surface area contributed by atoms with Gasteiger partial charge in [0.2, 0.25) is 16.7 Å². The van der Waals surface area contributed by atoms with Crippen LogP contribution in [-0.2, 0) is 25.8 Å². The number of thioether (sulfide) groups is 1. The highest BCUT2D eigenvalue weighted by atomic mass is 32.2. The predicted octanol–water partition coefficient (Wildman–Crippen LogP) is 3.01. The van der Waals surface area contributed by atoms with Crippen molar-refractivity contribution in [3.8, 4) is 0 Å². The molecule has 2 aromatic rings. The Balaban J connectivity index is 1.83. The van der Waals surface area contributed by atoms with Gasteiger partial charge < -0.3 is 10.2 Å². The van der Waals surface area contributed by atoms with E-state index < -0.39 is 4.87 Å². The van der Waals surface area contributed by atoms with Crippen LogP contribution in [0.25, 0.3) is 0 Å². The number of para-hydroxylation sites is 1. The summed E-state index contributed by atoms with van der Waals surface area (Å²) in [6.45, 7) is 7.07.